The lowest BCUT2D eigenvalue weighted by atomic mass is 10.1. The van der Waals surface area contributed by atoms with E-state index < -0.39 is 0 Å². The van der Waals surface area contributed by atoms with E-state index in [0.29, 0.717) is 6.54 Å². The first-order valence-corrected chi connectivity index (χ1v) is 7.62. The summed E-state index contributed by atoms with van der Waals surface area (Å²) in [6, 6.07) is 0. The molecule has 0 radical (unpaired) electrons. The van der Waals surface area contributed by atoms with Gasteiger partial charge in [-0.3, -0.25) is 9.69 Å². The zero-order valence-electron chi connectivity index (χ0n) is 12.1. The fourth-order valence-electron chi connectivity index (χ4n) is 2.79. The number of hydrogen-bond acceptors (Lipinski definition) is 4. The van der Waals surface area contributed by atoms with Crippen LogP contribution in [0.3, 0.4) is 0 Å². The summed E-state index contributed by atoms with van der Waals surface area (Å²) < 4.78 is 5.71. The van der Waals surface area contributed by atoms with E-state index in [-0.39, 0.29) is 12.0 Å². The molecular weight excluding hydrogens is 242 g/mol. The standard InChI is InChI=1S/C14H27N3O2/c1-2-16-8-9-19-13(12-16)10-15-11-14(18)17-6-4-3-5-7-17/h13,15H,2-12H2,1H3. The highest BCUT2D eigenvalue weighted by molar-refractivity contribution is 5.78. The van der Waals surface area contributed by atoms with E-state index in [1.54, 1.807) is 0 Å². The van der Waals surface area contributed by atoms with Crippen molar-refractivity contribution < 1.29 is 9.53 Å². The number of carbonyl (C=O) groups is 1. The first-order valence-electron chi connectivity index (χ1n) is 7.62. The van der Waals surface area contributed by atoms with Crippen LogP contribution in [0.15, 0.2) is 0 Å². The van der Waals surface area contributed by atoms with Crippen molar-refractivity contribution in [2.45, 2.75) is 32.3 Å². The topological polar surface area (TPSA) is 44.8 Å². The lowest BCUT2D eigenvalue weighted by Gasteiger charge is -2.32. The Labute approximate surface area is 116 Å². The summed E-state index contributed by atoms with van der Waals surface area (Å²) in [7, 11) is 0. The SMILES string of the molecule is CCN1CCOC(CNCC(=O)N2CCCCC2)C1. The molecule has 5 heteroatoms. The predicted octanol–water partition coefficient (Wildman–Crippen LogP) is 0.309. The Morgan fingerprint density at radius 2 is 2.05 bits per heavy atom. The number of rotatable bonds is 5. The fraction of sp³-hybridized carbons (Fsp3) is 0.929. The molecule has 2 aliphatic rings. The Morgan fingerprint density at radius 1 is 1.26 bits per heavy atom. The molecule has 2 fully saturated rings. The maximum Gasteiger partial charge on any atom is 0.236 e. The summed E-state index contributed by atoms with van der Waals surface area (Å²) in [5.41, 5.74) is 0. The van der Waals surface area contributed by atoms with Gasteiger partial charge in [0.05, 0.1) is 19.3 Å². The van der Waals surface area contributed by atoms with Gasteiger partial charge in [-0.05, 0) is 25.8 Å². The van der Waals surface area contributed by atoms with E-state index in [1.807, 2.05) is 4.90 Å². The number of hydrogen-bond donors (Lipinski definition) is 1. The predicted molar refractivity (Wildman–Crippen MR) is 75.2 cm³/mol. The normalized spacial score (nSPS) is 25.5. The van der Waals surface area contributed by atoms with Crippen LogP contribution in [0.4, 0.5) is 0 Å². The third kappa shape index (κ3) is 4.75. The number of carbonyl (C=O) groups excluding carboxylic acids is 1. The smallest absolute Gasteiger partial charge is 0.236 e. The summed E-state index contributed by atoms with van der Waals surface area (Å²) in [6.07, 6.45) is 3.80. The van der Waals surface area contributed by atoms with Gasteiger partial charge < -0.3 is 15.0 Å². The van der Waals surface area contributed by atoms with E-state index in [4.69, 9.17) is 4.74 Å². The summed E-state index contributed by atoms with van der Waals surface area (Å²) in [6.45, 7) is 9.15. The van der Waals surface area contributed by atoms with Crippen molar-refractivity contribution in [2.75, 3.05) is 52.4 Å². The minimum Gasteiger partial charge on any atom is -0.374 e. The Kier molecular flexibility index (Phi) is 6.07. The van der Waals surface area contributed by atoms with Crippen LogP contribution in [0, 0.1) is 0 Å². The van der Waals surface area contributed by atoms with Gasteiger partial charge in [0.25, 0.3) is 0 Å². The Hall–Kier alpha value is -0.650. The average molecular weight is 269 g/mol. The molecule has 2 heterocycles. The number of ether oxygens (including phenoxy) is 1. The quantitative estimate of drug-likeness (QED) is 0.780. The molecule has 19 heavy (non-hydrogen) atoms. The molecule has 0 spiro atoms. The maximum absolute atomic E-state index is 12.0. The van der Waals surface area contributed by atoms with Gasteiger partial charge in [-0.1, -0.05) is 6.92 Å². The number of morpholine rings is 1. The molecule has 5 nitrogen and oxygen atoms in total. The Balaban J connectivity index is 1.61. The van der Waals surface area contributed by atoms with Crippen LogP contribution >= 0.6 is 0 Å². The van der Waals surface area contributed by atoms with E-state index >= 15 is 0 Å². The fourth-order valence-corrected chi connectivity index (χ4v) is 2.79. The second-order valence-corrected chi connectivity index (χ2v) is 5.46. The highest BCUT2D eigenvalue weighted by Crippen LogP contribution is 2.08. The van der Waals surface area contributed by atoms with E-state index in [0.717, 1.165) is 58.7 Å². The average Bonchev–Trinajstić information content (AvgIpc) is 2.48. The highest BCUT2D eigenvalue weighted by Gasteiger charge is 2.20. The molecule has 2 rings (SSSR count). The minimum atomic E-state index is 0.225. The van der Waals surface area contributed by atoms with Crippen LogP contribution in [0.5, 0.6) is 0 Å². The van der Waals surface area contributed by atoms with Crippen molar-refractivity contribution in [3.05, 3.63) is 0 Å². The zero-order valence-corrected chi connectivity index (χ0v) is 12.1. The van der Waals surface area contributed by atoms with E-state index in [1.165, 1.54) is 6.42 Å². The summed E-state index contributed by atoms with van der Waals surface area (Å²) >= 11 is 0. The largest absolute Gasteiger partial charge is 0.374 e. The molecule has 2 aliphatic heterocycles. The molecule has 1 atom stereocenters. The number of likely N-dealkylation sites (tertiary alicyclic amines) is 1. The third-order valence-electron chi connectivity index (χ3n) is 4.03. The molecule has 1 N–H and O–H groups in total. The Bertz CT molecular complexity index is 280. The van der Waals surface area contributed by atoms with Crippen LogP contribution in [0.1, 0.15) is 26.2 Å². The number of piperidine rings is 1. The maximum atomic E-state index is 12.0. The second kappa shape index (κ2) is 7.82. The first kappa shape index (κ1) is 14.8. The van der Waals surface area contributed by atoms with Crippen molar-refractivity contribution >= 4 is 5.91 Å². The molecule has 1 amide bonds. The van der Waals surface area contributed by atoms with Gasteiger partial charge in [-0.25, -0.2) is 0 Å². The second-order valence-electron chi connectivity index (χ2n) is 5.46. The molecule has 0 bridgehead atoms. The molecule has 110 valence electrons. The lowest BCUT2D eigenvalue weighted by molar-refractivity contribution is -0.131. The van der Waals surface area contributed by atoms with Crippen LogP contribution in [-0.4, -0.2) is 74.2 Å². The highest BCUT2D eigenvalue weighted by atomic mass is 16.5. The molecular formula is C14H27N3O2. The number of nitrogens with one attached hydrogen (secondary N) is 1. The summed E-state index contributed by atoms with van der Waals surface area (Å²) in [5.74, 6) is 0.239. The summed E-state index contributed by atoms with van der Waals surface area (Å²) in [4.78, 5) is 16.3. The van der Waals surface area contributed by atoms with Crippen LogP contribution in [-0.2, 0) is 9.53 Å². The van der Waals surface area contributed by atoms with E-state index in [9.17, 15) is 4.79 Å². The molecule has 2 saturated heterocycles. The zero-order chi connectivity index (χ0) is 13.5. The van der Waals surface area contributed by atoms with Gasteiger partial charge in [0.2, 0.25) is 5.91 Å². The number of nitrogens with zero attached hydrogens (tertiary/aromatic N) is 2. The molecule has 0 aromatic rings. The number of amides is 1. The van der Waals surface area contributed by atoms with Crippen molar-refractivity contribution in [2.24, 2.45) is 0 Å². The molecule has 0 aliphatic carbocycles. The minimum absolute atomic E-state index is 0.225. The van der Waals surface area contributed by atoms with Gasteiger partial charge in [0, 0.05) is 32.7 Å². The van der Waals surface area contributed by atoms with Gasteiger partial charge in [0.1, 0.15) is 0 Å². The van der Waals surface area contributed by atoms with Gasteiger partial charge in [0.15, 0.2) is 0 Å². The molecule has 0 saturated carbocycles. The summed E-state index contributed by atoms with van der Waals surface area (Å²) in [5, 5.41) is 3.25. The lowest BCUT2D eigenvalue weighted by Crippen LogP contribution is -2.48. The van der Waals surface area contributed by atoms with Gasteiger partial charge >= 0.3 is 0 Å². The van der Waals surface area contributed by atoms with E-state index in [2.05, 4.69) is 17.1 Å². The van der Waals surface area contributed by atoms with Crippen LogP contribution in [0.25, 0.3) is 0 Å². The third-order valence-corrected chi connectivity index (χ3v) is 4.03. The van der Waals surface area contributed by atoms with Crippen molar-refractivity contribution in [1.82, 2.24) is 15.1 Å². The van der Waals surface area contributed by atoms with Gasteiger partial charge in [-0.2, -0.15) is 0 Å². The van der Waals surface area contributed by atoms with Gasteiger partial charge in [-0.15, -0.1) is 0 Å². The first-order chi connectivity index (χ1) is 9.29. The van der Waals surface area contributed by atoms with Crippen molar-refractivity contribution in [3.63, 3.8) is 0 Å². The molecule has 1 unspecified atom stereocenters. The van der Waals surface area contributed by atoms with Crippen LogP contribution < -0.4 is 5.32 Å². The van der Waals surface area contributed by atoms with Crippen molar-refractivity contribution in [1.29, 1.82) is 0 Å². The van der Waals surface area contributed by atoms with Crippen molar-refractivity contribution in [3.8, 4) is 0 Å². The molecule has 0 aromatic carbocycles. The molecule has 0 aromatic heterocycles. The van der Waals surface area contributed by atoms with Crippen LogP contribution in [0.2, 0.25) is 0 Å². The monoisotopic (exact) mass is 269 g/mol. The Morgan fingerprint density at radius 3 is 2.79 bits per heavy atom. The number of likely N-dealkylation sites (N-methyl/N-ethyl adjacent to an activating group) is 1.